The summed E-state index contributed by atoms with van der Waals surface area (Å²) >= 11 is 1.04. The summed E-state index contributed by atoms with van der Waals surface area (Å²) in [5, 5.41) is 14.3. The molecule has 1 aliphatic rings. The molecule has 1 unspecified atom stereocenters. The molecule has 1 heterocycles. The van der Waals surface area contributed by atoms with E-state index in [4.69, 9.17) is 4.84 Å². The van der Waals surface area contributed by atoms with Crippen molar-refractivity contribution in [2.24, 2.45) is 5.16 Å². The number of benzene rings is 1. The zero-order valence-electron chi connectivity index (χ0n) is 10.3. The van der Waals surface area contributed by atoms with Crippen molar-refractivity contribution >= 4 is 37.6 Å². The molecule has 1 aromatic rings. The van der Waals surface area contributed by atoms with Crippen molar-refractivity contribution < 1.29 is 37.7 Å². The van der Waals surface area contributed by atoms with Crippen molar-refractivity contribution in [1.29, 1.82) is 0 Å². The van der Waals surface area contributed by atoms with Crippen LogP contribution >= 0.6 is 22.5 Å². The molecule has 0 bridgehead atoms. The van der Waals surface area contributed by atoms with E-state index in [1.165, 1.54) is 24.3 Å². The number of hydrogen-bond donors (Lipinski definition) is 0. The van der Waals surface area contributed by atoms with E-state index in [1.807, 2.05) is 0 Å². The van der Waals surface area contributed by atoms with Gasteiger partial charge in [-0.15, -0.1) is 0 Å². The summed E-state index contributed by atoms with van der Waals surface area (Å²) in [6, 6.07) is 5.17. The fraction of sp³-hybridized carbons (Fsp3) is 0.111. The third-order valence-electron chi connectivity index (χ3n) is 2.16. The van der Waals surface area contributed by atoms with Crippen molar-refractivity contribution in [3.05, 3.63) is 39.9 Å². The van der Waals surface area contributed by atoms with Crippen molar-refractivity contribution in [3.8, 4) is 0 Å². The molecule has 0 aliphatic carbocycles. The number of thioether (sulfide) groups is 1. The van der Waals surface area contributed by atoms with Crippen LogP contribution in [-0.4, -0.2) is 20.6 Å². The van der Waals surface area contributed by atoms with E-state index >= 15 is 0 Å². The Kier molecular flexibility index (Phi) is 4.83. The quantitative estimate of drug-likeness (QED) is 0.374. The predicted molar refractivity (Wildman–Crippen MR) is 67.9 cm³/mol. The molecule has 21 heavy (non-hydrogen) atoms. The standard InChI is InChI=1S/C9H7ClN2O7S2/c1-20-9-18-11-8(21(9)19-10(13,14)15)6-2-4-7(5-3-6)12(16)17/h2-5H,1H3. The van der Waals surface area contributed by atoms with Crippen LogP contribution in [0.15, 0.2) is 29.4 Å². The first-order chi connectivity index (χ1) is 9.81. The Labute approximate surface area is 127 Å². The highest BCUT2D eigenvalue weighted by atomic mass is 35.7. The van der Waals surface area contributed by atoms with Gasteiger partial charge in [0.05, 0.1) is 15.2 Å². The van der Waals surface area contributed by atoms with E-state index in [0.29, 0.717) is 5.56 Å². The van der Waals surface area contributed by atoms with E-state index in [0.717, 1.165) is 11.8 Å². The summed E-state index contributed by atoms with van der Waals surface area (Å²) < 4.78 is 36.8. The van der Waals surface area contributed by atoms with Crippen molar-refractivity contribution in [3.63, 3.8) is 0 Å². The highest BCUT2D eigenvalue weighted by molar-refractivity contribution is 8.38. The normalized spacial score (nSPS) is 18.4. The molecule has 1 aliphatic heterocycles. The molecule has 0 saturated heterocycles. The minimum absolute atomic E-state index is 0.0705. The average Bonchev–Trinajstić information content (AvgIpc) is 2.79. The smallest absolute Gasteiger partial charge is 0.269 e. The molecule has 2 rings (SSSR count). The van der Waals surface area contributed by atoms with Gasteiger partial charge in [0.15, 0.2) is 5.04 Å². The summed E-state index contributed by atoms with van der Waals surface area (Å²) in [5.41, 5.74) is 0.217. The molecular weight excluding hydrogens is 348 g/mol. The van der Waals surface area contributed by atoms with Crippen LogP contribution in [-0.2, 0) is 8.57 Å². The molecule has 0 amide bonds. The summed E-state index contributed by atoms with van der Waals surface area (Å²) in [6.45, 7) is 0. The van der Waals surface area contributed by atoms with E-state index in [-0.39, 0.29) is 15.1 Å². The Balaban J connectivity index is 2.34. The molecule has 12 heteroatoms. The van der Waals surface area contributed by atoms with Crippen LogP contribution in [0.2, 0.25) is 0 Å². The monoisotopic (exact) mass is 354 g/mol. The maximum atomic E-state index is 10.7. The molecule has 0 radical (unpaired) electrons. The first kappa shape index (κ1) is 16.2. The molecule has 114 valence electrons. The first-order valence-corrected chi connectivity index (χ1v) is 8.68. The zero-order chi connectivity index (χ0) is 15.6. The summed E-state index contributed by atoms with van der Waals surface area (Å²) in [6.07, 6.45) is 1.60. The van der Waals surface area contributed by atoms with Gasteiger partial charge in [0.2, 0.25) is 10.8 Å². The Morgan fingerprint density at radius 1 is 1.33 bits per heavy atom. The summed E-state index contributed by atoms with van der Waals surface area (Å²) in [5.74, 6) is 0. The van der Waals surface area contributed by atoms with E-state index in [2.05, 4.69) is 8.89 Å². The van der Waals surface area contributed by atoms with E-state index in [9.17, 15) is 24.1 Å². The first-order valence-electron chi connectivity index (χ1n) is 5.07. The molecule has 0 spiro atoms. The van der Waals surface area contributed by atoms with Crippen LogP contribution in [0.5, 0.6) is 0 Å². The Morgan fingerprint density at radius 3 is 2.43 bits per heavy atom. The van der Waals surface area contributed by atoms with Gasteiger partial charge >= 0.3 is 0 Å². The largest absolute Gasteiger partial charge is 0.339 e. The lowest BCUT2D eigenvalue weighted by Gasteiger charge is -2.12. The zero-order valence-corrected chi connectivity index (χ0v) is 12.6. The van der Waals surface area contributed by atoms with Crippen molar-refractivity contribution in [1.82, 2.24) is 0 Å². The topological polar surface area (TPSA) is 143 Å². The van der Waals surface area contributed by atoms with Gasteiger partial charge in [0, 0.05) is 17.7 Å². The van der Waals surface area contributed by atoms with Crippen LogP contribution in [0, 0.1) is 20.4 Å². The van der Waals surface area contributed by atoms with Crippen LogP contribution < -0.4 is 14.0 Å². The van der Waals surface area contributed by atoms with Crippen LogP contribution in [0.25, 0.3) is 0 Å². The van der Waals surface area contributed by atoms with Gasteiger partial charge < -0.3 is 4.84 Å². The maximum Gasteiger partial charge on any atom is 0.269 e. The molecule has 1 atom stereocenters. The maximum absolute atomic E-state index is 10.7. The molecule has 0 saturated carbocycles. The van der Waals surface area contributed by atoms with Gasteiger partial charge in [-0.25, -0.2) is 0 Å². The number of oxime groups is 1. The minimum atomic E-state index is -4.67. The van der Waals surface area contributed by atoms with Gasteiger partial charge in [-0.05, 0) is 18.4 Å². The van der Waals surface area contributed by atoms with Crippen LogP contribution in [0.1, 0.15) is 5.56 Å². The van der Waals surface area contributed by atoms with Crippen molar-refractivity contribution in [2.45, 2.75) is 0 Å². The lowest BCUT2D eigenvalue weighted by atomic mass is 10.2. The van der Waals surface area contributed by atoms with Gasteiger partial charge in [-0.2, -0.15) is 14.0 Å². The Hall–Kier alpha value is -1.21. The van der Waals surface area contributed by atoms with Crippen molar-refractivity contribution in [2.75, 3.05) is 6.26 Å². The van der Waals surface area contributed by atoms with E-state index < -0.39 is 25.9 Å². The number of hydrogen-bond acceptors (Lipinski definition) is 9. The lowest BCUT2D eigenvalue weighted by Crippen LogP contribution is -2.60. The minimum Gasteiger partial charge on any atom is -0.339 e. The second-order valence-corrected chi connectivity index (χ2v) is 7.05. The van der Waals surface area contributed by atoms with Crippen LogP contribution in [0.3, 0.4) is 0 Å². The summed E-state index contributed by atoms with van der Waals surface area (Å²) in [7, 11) is -6.28. The second kappa shape index (κ2) is 6.27. The van der Waals surface area contributed by atoms with Crippen LogP contribution in [0.4, 0.5) is 5.69 Å². The predicted octanol–water partition coefficient (Wildman–Crippen LogP) is -1.17. The van der Waals surface area contributed by atoms with Gasteiger partial charge in [-0.3, -0.25) is 10.1 Å². The number of rotatable bonds is 4. The molecule has 0 aromatic heterocycles. The fourth-order valence-corrected chi connectivity index (χ4v) is 4.32. The third kappa shape index (κ3) is 3.91. The SMILES string of the molecule is CSC1=S(O[Cl+3]([O-])([O-])[O-])C(c2ccc([N+](=O)[O-])cc2)=NO1. The molecule has 0 N–H and O–H groups in total. The number of non-ortho nitro benzene ring substituents is 1. The van der Waals surface area contributed by atoms with Gasteiger partial charge in [0.25, 0.3) is 10.1 Å². The Bertz CT molecular complexity index is 626. The van der Waals surface area contributed by atoms with E-state index in [1.54, 1.807) is 6.26 Å². The molecule has 9 nitrogen and oxygen atoms in total. The highest BCUT2D eigenvalue weighted by Gasteiger charge is 2.36. The van der Waals surface area contributed by atoms with Gasteiger partial charge in [0.1, 0.15) is 3.74 Å². The number of halogens is 1. The molecule has 1 aromatic carbocycles. The second-order valence-electron chi connectivity index (χ2n) is 3.46. The molecular formula is C9H7ClN2O7S2. The highest BCUT2D eigenvalue weighted by Crippen LogP contribution is 2.35. The fourth-order valence-electron chi connectivity index (χ4n) is 1.36. The average molecular weight is 355 g/mol. The number of nitro groups is 1. The Morgan fingerprint density at radius 2 is 1.95 bits per heavy atom. The summed E-state index contributed by atoms with van der Waals surface area (Å²) in [4.78, 5) is 14.9. The third-order valence-corrected chi connectivity index (χ3v) is 5.68. The van der Waals surface area contributed by atoms with Gasteiger partial charge in [-0.1, -0.05) is 16.9 Å². The number of nitrogens with zero attached hydrogens (tertiary/aromatic N) is 2. The number of nitro benzene ring substituents is 1. The lowest BCUT2D eigenvalue weighted by molar-refractivity contribution is -1.91. The molecule has 0 fully saturated rings.